The molecule has 0 fully saturated rings. The van der Waals surface area contributed by atoms with Gasteiger partial charge < -0.3 is 16.6 Å². The third kappa shape index (κ3) is 1.90. The third-order valence-corrected chi connectivity index (χ3v) is 5.49. The number of primary amides is 1. The molecule has 1 aliphatic rings. The van der Waals surface area contributed by atoms with E-state index in [-0.39, 0.29) is 11.2 Å². The number of anilines is 1. The lowest BCUT2D eigenvalue weighted by Crippen LogP contribution is -2.14. The maximum Gasteiger partial charge on any atom is 0.260 e. The molecule has 5 N–H and O–H groups in total. The van der Waals surface area contributed by atoms with Gasteiger partial charge in [-0.2, -0.15) is 0 Å². The molecule has 116 valence electrons. The quantitative estimate of drug-likeness (QED) is 0.740. The molecule has 2 aromatic rings. The molecule has 6 heteroatoms. The van der Waals surface area contributed by atoms with E-state index in [4.69, 9.17) is 16.5 Å². The van der Waals surface area contributed by atoms with Crippen LogP contribution in [0.15, 0.2) is 6.08 Å². The maximum absolute atomic E-state index is 11.6. The summed E-state index contributed by atoms with van der Waals surface area (Å²) < 4.78 is 0. The SMILES string of the molecule is C/C=C(\O)c1c2c(nc3sc(C(N)=O)c(N)c13)C(C)(C)CC2. The molecule has 2 aromatic heterocycles. The average molecular weight is 317 g/mol. The summed E-state index contributed by atoms with van der Waals surface area (Å²) in [5, 5.41) is 11.0. The summed E-state index contributed by atoms with van der Waals surface area (Å²) in [4.78, 5) is 17.3. The van der Waals surface area contributed by atoms with E-state index >= 15 is 0 Å². The summed E-state index contributed by atoms with van der Waals surface area (Å²) in [6.45, 7) is 6.05. The van der Waals surface area contributed by atoms with Crippen molar-refractivity contribution in [2.45, 2.75) is 39.0 Å². The highest BCUT2D eigenvalue weighted by molar-refractivity contribution is 7.21. The fourth-order valence-electron chi connectivity index (χ4n) is 3.16. The first-order valence-electron chi connectivity index (χ1n) is 7.18. The van der Waals surface area contributed by atoms with Gasteiger partial charge in [-0.25, -0.2) is 4.98 Å². The Balaban J connectivity index is 2.48. The monoisotopic (exact) mass is 317 g/mol. The van der Waals surface area contributed by atoms with Crippen LogP contribution in [-0.2, 0) is 11.8 Å². The molecule has 1 amide bonds. The van der Waals surface area contributed by atoms with Crippen LogP contribution in [0.3, 0.4) is 0 Å². The number of aliphatic hydroxyl groups excluding tert-OH is 1. The third-order valence-electron chi connectivity index (χ3n) is 4.37. The minimum Gasteiger partial charge on any atom is -0.508 e. The van der Waals surface area contributed by atoms with Crippen molar-refractivity contribution < 1.29 is 9.90 Å². The van der Waals surface area contributed by atoms with Crippen LogP contribution in [0.1, 0.15) is 53.7 Å². The predicted molar refractivity (Wildman–Crippen MR) is 90.2 cm³/mol. The van der Waals surface area contributed by atoms with Gasteiger partial charge in [0.15, 0.2) is 0 Å². The summed E-state index contributed by atoms with van der Waals surface area (Å²) in [7, 11) is 0. The molecule has 2 heterocycles. The van der Waals surface area contributed by atoms with Crippen molar-refractivity contribution in [1.29, 1.82) is 0 Å². The number of hydrogen-bond donors (Lipinski definition) is 3. The number of hydrogen-bond acceptors (Lipinski definition) is 5. The fraction of sp³-hybridized carbons (Fsp3) is 0.375. The summed E-state index contributed by atoms with van der Waals surface area (Å²) in [5.74, 6) is -0.396. The van der Waals surface area contributed by atoms with E-state index < -0.39 is 5.91 Å². The van der Waals surface area contributed by atoms with Gasteiger partial charge in [0.2, 0.25) is 0 Å². The number of fused-ring (bicyclic) bond motifs is 2. The number of thiophene rings is 1. The number of carbonyl (C=O) groups excluding carboxylic acids is 1. The van der Waals surface area contributed by atoms with Gasteiger partial charge in [0.25, 0.3) is 5.91 Å². The van der Waals surface area contributed by atoms with Crippen molar-refractivity contribution in [2.24, 2.45) is 5.73 Å². The molecule has 1 aliphatic carbocycles. The highest BCUT2D eigenvalue weighted by Gasteiger charge is 2.36. The van der Waals surface area contributed by atoms with Crippen molar-refractivity contribution in [3.63, 3.8) is 0 Å². The number of aromatic nitrogens is 1. The number of carbonyl (C=O) groups is 1. The molecule has 0 spiro atoms. The Morgan fingerprint density at radius 2 is 2.14 bits per heavy atom. The standard InChI is InChI=1S/C16H19N3O2S/c1-4-8(20)9-7-5-6-16(2,3)13(7)19-15-10(9)11(17)12(22-15)14(18)21/h4,20H,5-6,17H2,1-3H3,(H2,18,21)/b8-4-. The summed E-state index contributed by atoms with van der Waals surface area (Å²) in [6, 6.07) is 0. The molecule has 0 bridgehead atoms. The van der Waals surface area contributed by atoms with Crippen LogP contribution >= 0.6 is 11.3 Å². The number of nitrogen functional groups attached to an aromatic ring is 1. The van der Waals surface area contributed by atoms with Crippen molar-refractivity contribution in [3.8, 4) is 0 Å². The smallest absolute Gasteiger partial charge is 0.260 e. The van der Waals surface area contributed by atoms with Crippen molar-refractivity contribution in [2.75, 3.05) is 5.73 Å². The van der Waals surface area contributed by atoms with Gasteiger partial charge in [-0.05, 0) is 31.4 Å². The first-order valence-corrected chi connectivity index (χ1v) is 8.00. The maximum atomic E-state index is 11.6. The topological polar surface area (TPSA) is 102 Å². The summed E-state index contributed by atoms with van der Waals surface area (Å²) in [5.41, 5.74) is 14.5. The molecule has 0 saturated carbocycles. The van der Waals surface area contributed by atoms with Crippen molar-refractivity contribution >= 4 is 38.9 Å². The Hall–Kier alpha value is -2.08. The number of pyridine rings is 1. The zero-order valence-corrected chi connectivity index (χ0v) is 13.7. The second-order valence-corrected chi connectivity index (χ2v) is 7.26. The number of nitrogens with zero attached hydrogens (tertiary/aromatic N) is 1. The zero-order chi connectivity index (χ0) is 16.2. The van der Waals surface area contributed by atoms with Crippen LogP contribution in [0.5, 0.6) is 0 Å². The van der Waals surface area contributed by atoms with Gasteiger partial charge in [-0.1, -0.05) is 13.8 Å². The second-order valence-electron chi connectivity index (χ2n) is 6.26. The molecule has 0 aromatic carbocycles. The predicted octanol–water partition coefficient (Wildman–Crippen LogP) is 3.12. The first kappa shape index (κ1) is 14.8. The Bertz CT molecular complexity index is 834. The normalized spacial score (nSPS) is 17.0. The van der Waals surface area contributed by atoms with Crippen LogP contribution < -0.4 is 11.5 Å². The van der Waals surface area contributed by atoms with E-state index in [1.807, 2.05) is 0 Å². The molecule has 0 unspecified atom stereocenters. The first-order chi connectivity index (χ1) is 10.3. The molecule has 0 aliphatic heterocycles. The van der Waals surface area contributed by atoms with Crippen LogP contribution in [0.2, 0.25) is 0 Å². The molecule has 5 nitrogen and oxygen atoms in total. The number of rotatable bonds is 2. The molecule has 0 radical (unpaired) electrons. The lowest BCUT2D eigenvalue weighted by molar-refractivity contribution is 0.100. The van der Waals surface area contributed by atoms with Gasteiger partial charge in [0.1, 0.15) is 15.5 Å². The Kier molecular flexibility index (Phi) is 3.18. The lowest BCUT2D eigenvalue weighted by atomic mass is 9.89. The highest BCUT2D eigenvalue weighted by Crippen LogP contribution is 2.46. The van der Waals surface area contributed by atoms with Crippen LogP contribution in [0, 0.1) is 0 Å². The van der Waals surface area contributed by atoms with Gasteiger partial charge in [0.05, 0.1) is 11.4 Å². The lowest BCUT2D eigenvalue weighted by Gasteiger charge is -2.18. The minimum atomic E-state index is -0.564. The number of allylic oxidation sites excluding steroid dienone is 1. The van der Waals surface area contributed by atoms with Crippen LogP contribution in [0.25, 0.3) is 16.0 Å². The average Bonchev–Trinajstić information content (AvgIpc) is 2.95. The van der Waals surface area contributed by atoms with Gasteiger partial charge >= 0.3 is 0 Å². The van der Waals surface area contributed by atoms with E-state index in [9.17, 15) is 9.90 Å². The fourth-order valence-corrected chi connectivity index (χ4v) is 4.12. The minimum absolute atomic E-state index is 0.0576. The zero-order valence-electron chi connectivity index (χ0n) is 12.9. The van der Waals surface area contributed by atoms with Gasteiger partial charge in [-0.15, -0.1) is 11.3 Å². The van der Waals surface area contributed by atoms with E-state index in [1.165, 1.54) is 11.3 Å². The molecule has 22 heavy (non-hydrogen) atoms. The van der Waals surface area contributed by atoms with E-state index in [2.05, 4.69) is 13.8 Å². The number of nitrogens with two attached hydrogens (primary N) is 2. The van der Waals surface area contributed by atoms with E-state index in [0.29, 0.717) is 26.3 Å². The molecule has 0 atom stereocenters. The second kappa shape index (κ2) is 4.71. The van der Waals surface area contributed by atoms with Crippen molar-refractivity contribution in [3.05, 3.63) is 27.8 Å². The Labute approximate surface area is 132 Å². The summed E-state index contributed by atoms with van der Waals surface area (Å²) in [6.07, 6.45) is 3.44. The summed E-state index contributed by atoms with van der Waals surface area (Å²) >= 11 is 1.19. The molecule has 3 rings (SSSR count). The number of aliphatic hydroxyl groups is 1. The van der Waals surface area contributed by atoms with Gasteiger partial charge in [0, 0.05) is 16.4 Å². The van der Waals surface area contributed by atoms with E-state index in [1.54, 1.807) is 13.0 Å². The van der Waals surface area contributed by atoms with Crippen LogP contribution in [-0.4, -0.2) is 16.0 Å². The van der Waals surface area contributed by atoms with Gasteiger partial charge in [-0.3, -0.25) is 4.79 Å². The van der Waals surface area contributed by atoms with E-state index in [0.717, 1.165) is 24.1 Å². The molecular weight excluding hydrogens is 298 g/mol. The van der Waals surface area contributed by atoms with Crippen LogP contribution in [0.4, 0.5) is 5.69 Å². The molecular formula is C16H19N3O2S. The van der Waals surface area contributed by atoms with Crippen molar-refractivity contribution in [1.82, 2.24) is 4.98 Å². The largest absolute Gasteiger partial charge is 0.508 e. The number of amides is 1. The Morgan fingerprint density at radius 3 is 2.73 bits per heavy atom. The highest BCUT2D eigenvalue weighted by atomic mass is 32.1. The molecule has 0 saturated heterocycles. The Morgan fingerprint density at radius 1 is 1.45 bits per heavy atom.